The zero-order valence-electron chi connectivity index (χ0n) is 17.1. The summed E-state index contributed by atoms with van der Waals surface area (Å²) in [4.78, 5) is 12.1. The van der Waals surface area contributed by atoms with Gasteiger partial charge >= 0.3 is 6.01 Å². The van der Waals surface area contributed by atoms with Crippen molar-refractivity contribution >= 4 is 17.6 Å². The normalized spacial score (nSPS) is 8.47. The van der Waals surface area contributed by atoms with Gasteiger partial charge in [0, 0.05) is 5.69 Å². The number of hydrogen-bond donors (Lipinski definition) is 6. The van der Waals surface area contributed by atoms with Gasteiger partial charge < -0.3 is 27.3 Å². The van der Waals surface area contributed by atoms with E-state index in [9.17, 15) is 0 Å². The third-order valence-corrected chi connectivity index (χ3v) is 2.94. The average molecular weight is 413 g/mol. The van der Waals surface area contributed by atoms with Gasteiger partial charge in [0.05, 0.1) is 11.6 Å². The van der Waals surface area contributed by atoms with Gasteiger partial charge in [0.1, 0.15) is 5.75 Å². The number of ether oxygens (including phenoxy) is 1. The van der Waals surface area contributed by atoms with Crippen molar-refractivity contribution in [3.05, 3.63) is 60.2 Å². The molecule has 0 amide bonds. The molecule has 0 radical (unpaired) electrons. The van der Waals surface area contributed by atoms with Gasteiger partial charge in [-0.1, -0.05) is 18.2 Å². The standard InChI is InChI=1S/C16H12N6O2.3CH5N/c17-10-11-6-8-12(9-7-11)18-14-19-15(22-23)21-16(20-14)24-13-4-2-1-3-5-13;3*1-2/h1-9,23H,(H2,18,19,20,21,22);3*2H2,1H3. The van der Waals surface area contributed by atoms with Crippen molar-refractivity contribution in [2.24, 2.45) is 17.2 Å². The Hall–Kier alpha value is -3.82. The molecule has 1 heterocycles. The Kier molecular flexibility index (Phi) is 14.1. The van der Waals surface area contributed by atoms with Gasteiger partial charge in [-0.2, -0.15) is 20.2 Å². The summed E-state index contributed by atoms with van der Waals surface area (Å²) in [5, 5.41) is 20.8. The lowest BCUT2D eigenvalue weighted by Gasteiger charge is -2.09. The first-order valence-corrected chi connectivity index (χ1v) is 8.66. The second-order valence-electron chi connectivity index (χ2n) is 4.61. The number of nitrogens with one attached hydrogen (secondary N) is 2. The smallest absolute Gasteiger partial charge is 0.328 e. The van der Waals surface area contributed by atoms with E-state index in [-0.39, 0.29) is 17.9 Å². The number of aromatic nitrogens is 3. The van der Waals surface area contributed by atoms with Crippen molar-refractivity contribution in [2.45, 2.75) is 0 Å². The van der Waals surface area contributed by atoms with Crippen LogP contribution >= 0.6 is 0 Å². The summed E-state index contributed by atoms with van der Waals surface area (Å²) in [5.41, 5.74) is 16.6. The van der Waals surface area contributed by atoms with E-state index in [2.05, 4.69) is 37.5 Å². The van der Waals surface area contributed by atoms with Crippen LogP contribution in [-0.2, 0) is 0 Å². The Balaban J connectivity index is 0.00000129. The molecule has 0 atom stereocenters. The van der Waals surface area contributed by atoms with Crippen LogP contribution in [0.25, 0.3) is 0 Å². The maximum absolute atomic E-state index is 9.06. The summed E-state index contributed by atoms with van der Waals surface area (Å²) in [6.45, 7) is 0. The Morgan fingerprint density at radius 1 is 0.833 bits per heavy atom. The van der Waals surface area contributed by atoms with Crippen LogP contribution in [0.5, 0.6) is 11.8 Å². The summed E-state index contributed by atoms with van der Waals surface area (Å²) in [5.74, 6) is 0.668. The number of nitrogens with zero attached hydrogens (tertiary/aromatic N) is 4. The fourth-order valence-electron chi connectivity index (χ4n) is 1.86. The molecule has 9 N–H and O–H groups in total. The van der Waals surface area contributed by atoms with Gasteiger partial charge in [0.25, 0.3) is 5.95 Å². The van der Waals surface area contributed by atoms with Crippen LogP contribution in [0.2, 0.25) is 0 Å². The molecule has 1 aromatic heterocycles. The first kappa shape index (κ1) is 26.2. The van der Waals surface area contributed by atoms with Gasteiger partial charge in [-0.25, -0.2) is 5.48 Å². The summed E-state index contributed by atoms with van der Waals surface area (Å²) < 4.78 is 5.54. The fourth-order valence-corrected chi connectivity index (χ4v) is 1.86. The van der Waals surface area contributed by atoms with Crippen LogP contribution in [-0.4, -0.2) is 41.3 Å². The minimum Gasteiger partial charge on any atom is -0.424 e. The second-order valence-corrected chi connectivity index (χ2v) is 4.61. The molecule has 0 aliphatic carbocycles. The molecule has 0 saturated carbocycles. The molecule has 11 nitrogen and oxygen atoms in total. The molecule has 11 heteroatoms. The van der Waals surface area contributed by atoms with Crippen LogP contribution < -0.4 is 32.7 Å². The largest absolute Gasteiger partial charge is 0.424 e. The molecule has 0 spiro atoms. The van der Waals surface area contributed by atoms with Gasteiger partial charge in [0.2, 0.25) is 5.95 Å². The second kappa shape index (κ2) is 16.2. The minimum atomic E-state index is -0.0629. The van der Waals surface area contributed by atoms with Gasteiger partial charge in [-0.05, 0) is 57.5 Å². The maximum Gasteiger partial charge on any atom is 0.328 e. The summed E-state index contributed by atoms with van der Waals surface area (Å²) >= 11 is 0. The minimum absolute atomic E-state index is 0.0175. The monoisotopic (exact) mass is 413 g/mol. The predicted octanol–water partition coefficient (Wildman–Crippen LogP) is 1.80. The first-order chi connectivity index (χ1) is 14.8. The van der Waals surface area contributed by atoms with Crippen LogP contribution in [0.1, 0.15) is 5.56 Å². The number of nitriles is 1. The Morgan fingerprint density at radius 2 is 1.40 bits per heavy atom. The quantitative estimate of drug-likeness (QED) is 0.334. The van der Waals surface area contributed by atoms with E-state index in [1.165, 1.54) is 21.1 Å². The molecule has 0 unspecified atom stereocenters. The molecule has 2 aromatic carbocycles. The van der Waals surface area contributed by atoms with Crippen LogP contribution in [0.3, 0.4) is 0 Å². The number of para-hydroxylation sites is 1. The van der Waals surface area contributed by atoms with E-state index in [1.807, 2.05) is 29.7 Å². The number of nitrogens with two attached hydrogens (primary N) is 3. The highest BCUT2D eigenvalue weighted by atomic mass is 16.5. The SMILES string of the molecule is CN.CN.CN.N#Cc1ccc(Nc2nc(NO)nc(Oc3ccccc3)n2)cc1. The van der Waals surface area contributed by atoms with Gasteiger partial charge in [-0.3, -0.25) is 5.21 Å². The maximum atomic E-state index is 9.06. The topological polar surface area (TPSA) is 194 Å². The van der Waals surface area contributed by atoms with E-state index >= 15 is 0 Å². The Morgan fingerprint density at radius 3 is 1.93 bits per heavy atom. The molecular weight excluding hydrogens is 386 g/mol. The lowest BCUT2D eigenvalue weighted by atomic mass is 10.2. The Labute approximate surface area is 175 Å². The van der Waals surface area contributed by atoms with Crippen molar-refractivity contribution in [1.82, 2.24) is 15.0 Å². The molecule has 30 heavy (non-hydrogen) atoms. The summed E-state index contributed by atoms with van der Waals surface area (Å²) in [7, 11) is 4.50. The molecule has 0 fully saturated rings. The zero-order chi connectivity index (χ0) is 22.8. The predicted molar refractivity (Wildman–Crippen MR) is 117 cm³/mol. The lowest BCUT2D eigenvalue weighted by Crippen LogP contribution is -2.05. The molecule has 0 saturated heterocycles. The number of hydrogen-bond acceptors (Lipinski definition) is 11. The number of anilines is 3. The third kappa shape index (κ3) is 8.91. The molecule has 0 aliphatic heterocycles. The van der Waals surface area contributed by atoms with E-state index in [1.54, 1.807) is 36.4 Å². The first-order valence-electron chi connectivity index (χ1n) is 8.66. The van der Waals surface area contributed by atoms with Gasteiger partial charge in [-0.15, -0.1) is 0 Å². The highest BCUT2D eigenvalue weighted by Gasteiger charge is 2.08. The fraction of sp³-hybridized carbons (Fsp3) is 0.158. The van der Waals surface area contributed by atoms with Crippen LogP contribution in [0.15, 0.2) is 54.6 Å². The zero-order valence-corrected chi connectivity index (χ0v) is 17.1. The summed E-state index contributed by atoms with van der Waals surface area (Å²) in [6, 6.07) is 17.8. The van der Waals surface area contributed by atoms with Crippen LogP contribution in [0, 0.1) is 11.3 Å². The van der Waals surface area contributed by atoms with E-state index in [0.29, 0.717) is 17.0 Å². The molecule has 3 rings (SSSR count). The van der Waals surface area contributed by atoms with Crippen molar-refractivity contribution in [3.63, 3.8) is 0 Å². The Bertz CT molecular complexity index is 869. The molecule has 160 valence electrons. The van der Waals surface area contributed by atoms with E-state index in [0.717, 1.165) is 0 Å². The third-order valence-electron chi connectivity index (χ3n) is 2.94. The lowest BCUT2D eigenvalue weighted by molar-refractivity contribution is 0.377. The molecule has 3 aromatic rings. The molecule has 0 bridgehead atoms. The highest BCUT2D eigenvalue weighted by Crippen LogP contribution is 2.21. The summed E-state index contributed by atoms with van der Waals surface area (Å²) in [6.07, 6.45) is 0. The van der Waals surface area contributed by atoms with Crippen molar-refractivity contribution in [3.8, 4) is 17.8 Å². The van der Waals surface area contributed by atoms with Crippen LogP contribution in [0.4, 0.5) is 17.6 Å². The van der Waals surface area contributed by atoms with Crippen molar-refractivity contribution in [2.75, 3.05) is 31.9 Å². The van der Waals surface area contributed by atoms with E-state index in [4.69, 9.17) is 15.2 Å². The number of benzene rings is 2. The average Bonchev–Trinajstić information content (AvgIpc) is 2.84. The highest BCUT2D eigenvalue weighted by molar-refractivity contribution is 5.55. The number of rotatable bonds is 5. The van der Waals surface area contributed by atoms with E-state index < -0.39 is 0 Å². The molecular formula is C19H27N9O2. The van der Waals surface area contributed by atoms with Gasteiger partial charge in [0.15, 0.2) is 0 Å². The van der Waals surface area contributed by atoms with Crippen molar-refractivity contribution < 1.29 is 9.94 Å². The molecule has 0 aliphatic rings. The van der Waals surface area contributed by atoms with Crippen molar-refractivity contribution in [1.29, 1.82) is 5.26 Å².